The number of rotatable bonds is 14. The first-order chi connectivity index (χ1) is 25.5. The van der Waals surface area contributed by atoms with Gasteiger partial charge in [-0.05, 0) is 141 Å². The summed E-state index contributed by atoms with van der Waals surface area (Å²) in [6.45, 7) is 19.9. The summed E-state index contributed by atoms with van der Waals surface area (Å²) in [7, 11) is 0. The number of amides is 2. The number of benzene rings is 1. The molecule has 7 heteroatoms. The Morgan fingerprint density at radius 2 is 1.52 bits per heavy atom. The molecular weight excluding hydrogens is 673 g/mol. The van der Waals surface area contributed by atoms with Gasteiger partial charge in [0.05, 0.1) is 11.5 Å². The number of hydrogen-bond acceptors (Lipinski definition) is 4. The monoisotopic (exact) mass is 745 g/mol. The van der Waals surface area contributed by atoms with Crippen LogP contribution in [0.4, 0.5) is 0 Å². The molecule has 0 aromatic heterocycles. The van der Waals surface area contributed by atoms with Crippen molar-refractivity contribution in [3.05, 3.63) is 48.0 Å². The molecule has 5 aliphatic carbocycles. The molecule has 2 amide bonds. The highest BCUT2D eigenvalue weighted by atomic mass is 16.4. The molecule has 4 N–H and O–H groups in total. The van der Waals surface area contributed by atoms with E-state index in [-0.39, 0.29) is 51.4 Å². The van der Waals surface area contributed by atoms with E-state index in [4.69, 9.17) is 0 Å². The Hall–Kier alpha value is -2.67. The number of fused-ring (bicyclic) bond motifs is 7. The summed E-state index contributed by atoms with van der Waals surface area (Å²) in [6, 6.07) is 8.46. The van der Waals surface area contributed by atoms with Gasteiger partial charge < -0.3 is 20.8 Å². The van der Waals surface area contributed by atoms with E-state index in [1.165, 1.54) is 31.3 Å². The molecule has 0 heterocycles. The molecule has 5 saturated carbocycles. The van der Waals surface area contributed by atoms with Gasteiger partial charge in [0, 0.05) is 19.4 Å². The first-order valence-corrected chi connectivity index (χ1v) is 21.7. The van der Waals surface area contributed by atoms with Gasteiger partial charge in [0.2, 0.25) is 11.8 Å². The SMILES string of the molecule is C=C(C)[C@@H]1CC[C@]2(C(=O)NCCCCCCCC(=O)N[C@@H](Cc3ccccc3)C(=O)O)CC[C@]3(C)[C@H](CC[C@@H]4[C@@]5(C)CC[C@H](O)C(C)(C)[C@@H]5CC[C@]43C)[C@@H]12. The van der Waals surface area contributed by atoms with Crippen LogP contribution in [0.5, 0.6) is 0 Å². The van der Waals surface area contributed by atoms with Gasteiger partial charge in [-0.2, -0.15) is 0 Å². The average molecular weight is 745 g/mol. The van der Waals surface area contributed by atoms with Crippen LogP contribution in [0.2, 0.25) is 0 Å². The molecule has 0 radical (unpaired) electrons. The number of nitrogens with one attached hydrogen (secondary N) is 2. The van der Waals surface area contributed by atoms with Crippen LogP contribution in [-0.2, 0) is 20.8 Å². The summed E-state index contributed by atoms with van der Waals surface area (Å²) in [5, 5.41) is 26.9. The van der Waals surface area contributed by atoms with Crippen LogP contribution in [0.1, 0.15) is 150 Å². The number of aliphatic carboxylic acids is 1. The second-order valence-electron chi connectivity index (χ2n) is 20.1. The number of hydrogen-bond donors (Lipinski definition) is 4. The fourth-order valence-corrected chi connectivity index (χ4v) is 14.2. The minimum atomic E-state index is -1.01. The Labute approximate surface area is 326 Å². The molecule has 0 bridgehead atoms. The maximum Gasteiger partial charge on any atom is 0.326 e. The number of carboxylic acids is 1. The van der Waals surface area contributed by atoms with Crippen LogP contribution in [0, 0.1) is 56.7 Å². The van der Waals surface area contributed by atoms with E-state index < -0.39 is 12.0 Å². The normalized spacial score (nSPS) is 38.5. The fraction of sp³-hybridized carbons (Fsp3) is 0.766. The number of aliphatic hydroxyl groups excluding tert-OH is 1. The zero-order valence-corrected chi connectivity index (χ0v) is 34.5. The lowest BCUT2D eigenvalue weighted by Gasteiger charge is -2.72. The molecule has 1 aromatic rings. The largest absolute Gasteiger partial charge is 0.480 e. The van der Waals surface area contributed by atoms with Crippen LogP contribution in [0.3, 0.4) is 0 Å². The molecule has 1 aromatic carbocycles. The van der Waals surface area contributed by atoms with Gasteiger partial charge in [-0.25, -0.2) is 4.79 Å². The number of carboxylic acid groups (broad SMARTS) is 1. The number of allylic oxidation sites excluding steroid dienone is 1. The molecular formula is C47H72N2O5. The predicted molar refractivity (Wildman–Crippen MR) is 215 cm³/mol. The molecule has 7 nitrogen and oxygen atoms in total. The van der Waals surface area contributed by atoms with E-state index in [1.807, 2.05) is 30.3 Å². The van der Waals surface area contributed by atoms with Crippen molar-refractivity contribution < 1.29 is 24.6 Å². The Morgan fingerprint density at radius 1 is 0.815 bits per heavy atom. The zero-order valence-electron chi connectivity index (χ0n) is 34.5. The van der Waals surface area contributed by atoms with Crippen molar-refractivity contribution in [2.75, 3.05) is 6.54 Å². The third-order valence-electron chi connectivity index (χ3n) is 17.3. The van der Waals surface area contributed by atoms with Gasteiger partial charge in [-0.15, -0.1) is 0 Å². The van der Waals surface area contributed by atoms with Gasteiger partial charge in [-0.3, -0.25) is 9.59 Å². The van der Waals surface area contributed by atoms with E-state index in [1.54, 1.807) is 0 Å². The van der Waals surface area contributed by atoms with Gasteiger partial charge in [0.25, 0.3) is 0 Å². The topological polar surface area (TPSA) is 116 Å². The number of unbranched alkanes of at least 4 members (excludes halogenated alkanes) is 4. The van der Waals surface area contributed by atoms with Gasteiger partial charge in [0.1, 0.15) is 6.04 Å². The van der Waals surface area contributed by atoms with Gasteiger partial charge in [-0.1, -0.05) is 96.4 Å². The number of aliphatic hydroxyl groups is 1. The molecule has 6 rings (SSSR count). The van der Waals surface area contributed by atoms with Crippen LogP contribution < -0.4 is 10.6 Å². The van der Waals surface area contributed by atoms with Crippen LogP contribution >= 0.6 is 0 Å². The lowest BCUT2D eigenvalue weighted by atomic mass is 9.32. The van der Waals surface area contributed by atoms with Crippen LogP contribution in [0.15, 0.2) is 42.5 Å². The Morgan fingerprint density at radius 3 is 2.22 bits per heavy atom. The van der Waals surface area contributed by atoms with Crippen molar-refractivity contribution in [1.29, 1.82) is 0 Å². The van der Waals surface area contributed by atoms with Crippen molar-refractivity contribution in [1.82, 2.24) is 10.6 Å². The van der Waals surface area contributed by atoms with Gasteiger partial charge >= 0.3 is 5.97 Å². The summed E-state index contributed by atoms with van der Waals surface area (Å²) in [5.41, 5.74) is 2.45. The third-order valence-corrected chi connectivity index (χ3v) is 17.3. The zero-order chi connectivity index (χ0) is 39.1. The summed E-state index contributed by atoms with van der Waals surface area (Å²) < 4.78 is 0. The quantitative estimate of drug-likeness (QED) is 0.112. The lowest BCUT2D eigenvalue weighted by Crippen LogP contribution is -2.67. The second kappa shape index (κ2) is 15.7. The molecule has 300 valence electrons. The fourth-order valence-electron chi connectivity index (χ4n) is 14.2. The smallest absolute Gasteiger partial charge is 0.326 e. The van der Waals surface area contributed by atoms with E-state index in [2.05, 4.69) is 58.8 Å². The Kier molecular flexibility index (Phi) is 11.9. The van der Waals surface area contributed by atoms with Crippen LogP contribution in [-0.4, -0.2) is 46.7 Å². The maximum absolute atomic E-state index is 14.5. The van der Waals surface area contributed by atoms with Crippen molar-refractivity contribution in [3.63, 3.8) is 0 Å². The van der Waals surface area contributed by atoms with Crippen molar-refractivity contribution in [2.24, 2.45) is 56.7 Å². The minimum absolute atomic E-state index is 0.0465. The Bertz CT molecular complexity index is 1540. The molecule has 11 atom stereocenters. The van der Waals surface area contributed by atoms with Gasteiger partial charge in [0.15, 0.2) is 0 Å². The van der Waals surface area contributed by atoms with E-state index in [0.717, 1.165) is 76.2 Å². The lowest BCUT2D eigenvalue weighted by molar-refractivity contribution is -0.246. The van der Waals surface area contributed by atoms with Crippen molar-refractivity contribution >= 4 is 17.8 Å². The Balaban J connectivity index is 1.02. The highest BCUT2D eigenvalue weighted by Gasteiger charge is 2.71. The standard InChI is InChI=1S/C47H72N2O5/c1-31(2)33-21-26-47(42(54)48-29-15-10-8-9-14-18-39(51)49-35(41(52)53)30-32-16-12-11-13-17-32)28-27-45(6)34(40(33)47)19-20-37-44(5)24-23-38(50)43(3,4)36(44)22-25-46(37,45)7/h11-13,16-17,33-38,40,50H,1,8-10,14-15,18-30H2,2-7H3,(H,48,54)(H,49,51)(H,52,53)/t33-,34+,35-,36-,37+,38-,40+,44-,45+,46+,47-/m0/s1. The maximum atomic E-state index is 14.5. The number of carbonyl (C=O) groups excluding carboxylic acids is 2. The summed E-state index contributed by atoms with van der Waals surface area (Å²) in [5.74, 6) is 1.53. The minimum Gasteiger partial charge on any atom is -0.480 e. The van der Waals surface area contributed by atoms with Crippen molar-refractivity contribution in [2.45, 2.75) is 163 Å². The van der Waals surface area contributed by atoms with Crippen molar-refractivity contribution in [3.8, 4) is 0 Å². The highest BCUT2D eigenvalue weighted by Crippen LogP contribution is 2.77. The average Bonchev–Trinajstić information content (AvgIpc) is 3.53. The van der Waals surface area contributed by atoms with Crippen LogP contribution in [0.25, 0.3) is 0 Å². The van der Waals surface area contributed by atoms with E-state index in [0.29, 0.717) is 42.6 Å². The number of carbonyl (C=O) groups is 3. The first kappa shape index (κ1) is 41.0. The summed E-state index contributed by atoms with van der Waals surface area (Å²) >= 11 is 0. The molecule has 0 spiro atoms. The first-order valence-electron chi connectivity index (χ1n) is 21.7. The summed E-state index contributed by atoms with van der Waals surface area (Å²) in [4.78, 5) is 38.7. The molecule has 5 aliphatic rings. The molecule has 0 unspecified atom stereocenters. The molecule has 0 aliphatic heterocycles. The predicted octanol–water partition coefficient (Wildman–Crippen LogP) is 9.27. The van der Waals surface area contributed by atoms with E-state index in [9.17, 15) is 24.6 Å². The molecule has 54 heavy (non-hydrogen) atoms. The highest BCUT2D eigenvalue weighted by molar-refractivity contribution is 5.84. The molecule has 0 saturated heterocycles. The second-order valence-corrected chi connectivity index (χ2v) is 20.1. The van der Waals surface area contributed by atoms with E-state index >= 15 is 0 Å². The molecule has 5 fully saturated rings. The third kappa shape index (κ3) is 7.11. The summed E-state index contributed by atoms with van der Waals surface area (Å²) in [6.07, 6.45) is 16.0.